The van der Waals surface area contributed by atoms with Gasteiger partial charge in [-0.25, -0.2) is 4.79 Å². The van der Waals surface area contributed by atoms with Crippen LogP contribution in [0.2, 0.25) is 0 Å². The molecule has 10 nitrogen and oxygen atoms in total. The predicted octanol–water partition coefficient (Wildman–Crippen LogP) is 7.46. The monoisotopic (exact) mass is 745 g/mol. The summed E-state index contributed by atoms with van der Waals surface area (Å²) in [6, 6.07) is 32.1. The Morgan fingerprint density at radius 1 is 0.800 bits per heavy atom. The number of benzene rings is 4. The van der Waals surface area contributed by atoms with Gasteiger partial charge in [-0.15, -0.1) is 0 Å². The molecule has 0 bridgehead atoms. The number of rotatable bonds is 11. The Labute approximate surface area is 323 Å². The molecule has 0 aromatic heterocycles. The van der Waals surface area contributed by atoms with Crippen molar-refractivity contribution in [2.24, 2.45) is 5.92 Å². The van der Waals surface area contributed by atoms with Crippen molar-refractivity contribution in [2.75, 3.05) is 19.6 Å². The number of likely N-dealkylation sites (tertiary alicyclic amines) is 2. The summed E-state index contributed by atoms with van der Waals surface area (Å²) >= 11 is 0. The Balaban J connectivity index is 1.04. The number of aliphatic hydroxyl groups is 1. The Bertz CT molecular complexity index is 1890. The summed E-state index contributed by atoms with van der Waals surface area (Å²) in [7, 11) is 0. The van der Waals surface area contributed by atoms with E-state index in [4.69, 9.17) is 14.2 Å². The van der Waals surface area contributed by atoms with Crippen LogP contribution in [0.5, 0.6) is 0 Å². The van der Waals surface area contributed by atoms with Crippen molar-refractivity contribution < 1.29 is 33.7 Å². The first kappa shape index (κ1) is 38.4. The number of amides is 3. The standard InChI is InChI=1S/C45H51N3O7/c1-31-40(28-47-24-10-3-2-4-11-25-47)54-44(55-42(31)35-18-16-32(29-49)17-19-35)36-22-20-34(21-23-36)38-15-9-8-14-37(38)27-48-41(50)26-39(43(48)51)46-45(52)53-30-33-12-6-5-7-13-33/h5-9,12-23,31,39-40,42,44,49H,2-4,10-11,24-30H2,1H3,(H,46,52). The second kappa shape index (κ2) is 18.2. The minimum absolute atomic E-state index is 0.00542. The van der Waals surface area contributed by atoms with Gasteiger partial charge in [-0.2, -0.15) is 0 Å². The van der Waals surface area contributed by atoms with E-state index in [1.165, 1.54) is 37.0 Å². The minimum Gasteiger partial charge on any atom is -0.445 e. The Kier molecular flexibility index (Phi) is 12.7. The molecule has 3 fully saturated rings. The Morgan fingerprint density at radius 3 is 2.20 bits per heavy atom. The fourth-order valence-corrected chi connectivity index (χ4v) is 7.88. The van der Waals surface area contributed by atoms with Crippen LogP contribution < -0.4 is 5.32 Å². The van der Waals surface area contributed by atoms with Crippen molar-refractivity contribution in [3.63, 3.8) is 0 Å². The molecule has 3 heterocycles. The first-order chi connectivity index (χ1) is 26.9. The van der Waals surface area contributed by atoms with Crippen LogP contribution in [0.1, 0.15) is 85.7 Å². The maximum Gasteiger partial charge on any atom is 0.408 e. The predicted molar refractivity (Wildman–Crippen MR) is 208 cm³/mol. The summed E-state index contributed by atoms with van der Waals surface area (Å²) < 4.78 is 18.8. The van der Waals surface area contributed by atoms with Crippen LogP contribution in [0.15, 0.2) is 103 Å². The van der Waals surface area contributed by atoms with E-state index in [1.807, 2.05) is 103 Å². The van der Waals surface area contributed by atoms with E-state index in [0.29, 0.717) is 0 Å². The van der Waals surface area contributed by atoms with E-state index in [9.17, 15) is 19.5 Å². The number of alkyl carbamates (subject to hydrolysis) is 1. The molecule has 55 heavy (non-hydrogen) atoms. The second-order valence-corrected chi connectivity index (χ2v) is 15.0. The zero-order valence-electron chi connectivity index (χ0n) is 31.5. The molecule has 288 valence electrons. The number of nitrogens with zero attached hydrogens (tertiary/aromatic N) is 2. The first-order valence-corrected chi connectivity index (χ1v) is 19.6. The highest BCUT2D eigenvalue weighted by atomic mass is 16.7. The van der Waals surface area contributed by atoms with Crippen LogP contribution >= 0.6 is 0 Å². The molecule has 2 N–H and O–H groups in total. The van der Waals surface area contributed by atoms with Crippen LogP contribution in [-0.2, 0) is 43.6 Å². The van der Waals surface area contributed by atoms with Crippen molar-refractivity contribution in [1.82, 2.24) is 15.1 Å². The smallest absolute Gasteiger partial charge is 0.408 e. The Hall–Kier alpha value is -4.87. The summed E-state index contributed by atoms with van der Waals surface area (Å²) in [5, 5.41) is 12.2. The third-order valence-corrected chi connectivity index (χ3v) is 11.1. The van der Waals surface area contributed by atoms with Crippen molar-refractivity contribution >= 4 is 17.9 Å². The molecule has 4 aromatic carbocycles. The molecular weight excluding hydrogens is 695 g/mol. The van der Waals surface area contributed by atoms with E-state index in [2.05, 4.69) is 17.1 Å². The lowest BCUT2D eigenvalue weighted by molar-refractivity contribution is -0.276. The highest BCUT2D eigenvalue weighted by molar-refractivity contribution is 6.06. The number of aliphatic hydroxyl groups excluding tert-OH is 1. The molecule has 3 aliphatic rings. The number of hydrogen-bond acceptors (Lipinski definition) is 8. The van der Waals surface area contributed by atoms with E-state index in [0.717, 1.165) is 58.6 Å². The lowest BCUT2D eigenvalue weighted by Gasteiger charge is -2.43. The first-order valence-electron chi connectivity index (χ1n) is 19.6. The molecule has 3 aliphatic heterocycles. The van der Waals surface area contributed by atoms with Gasteiger partial charge in [0, 0.05) is 18.0 Å². The quantitative estimate of drug-likeness (QED) is 0.152. The number of hydrogen-bond donors (Lipinski definition) is 2. The number of carbonyl (C=O) groups excluding carboxylic acids is 3. The summed E-state index contributed by atoms with van der Waals surface area (Å²) in [5.41, 5.74) is 6.28. The van der Waals surface area contributed by atoms with Gasteiger partial charge in [0.15, 0.2) is 6.29 Å². The summed E-state index contributed by atoms with van der Waals surface area (Å²) in [6.07, 6.45) is 4.59. The van der Waals surface area contributed by atoms with Crippen molar-refractivity contribution in [2.45, 2.75) is 89.7 Å². The molecule has 4 aromatic rings. The van der Waals surface area contributed by atoms with Crippen LogP contribution in [0.25, 0.3) is 11.1 Å². The average molecular weight is 746 g/mol. The highest BCUT2D eigenvalue weighted by Crippen LogP contribution is 2.42. The highest BCUT2D eigenvalue weighted by Gasteiger charge is 2.41. The molecule has 7 rings (SSSR count). The van der Waals surface area contributed by atoms with E-state index in [-0.39, 0.29) is 50.2 Å². The lowest BCUT2D eigenvalue weighted by Crippen LogP contribution is -2.45. The minimum atomic E-state index is -0.982. The number of carbonyl (C=O) groups is 3. The second-order valence-electron chi connectivity index (χ2n) is 15.0. The number of imide groups is 1. The fraction of sp³-hybridized carbons (Fsp3) is 0.400. The van der Waals surface area contributed by atoms with Gasteiger partial charge in [0.25, 0.3) is 5.91 Å². The normalized spacial score (nSPS) is 23.6. The molecule has 5 unspecified atom stereocenters. The molecule has 5 atom stereocenters. The summed E-state index contributed by atoms with van der Waals surface area (Å²) in [6.45, 7) is 5.35. The molecule has 0 radical (unpaired) electrons. The molecular formula is C45H51N3O7. The van der Waals surface area contributed by atoms with Gasteiger partial charge in [-0.1, -0.05) is 129 Å². The van der Waals surface area contributed by atoms with Crippen LogP contribution in [-0.4, -0.2) is 64.6 Å². The molecule has 3 saturated heterocycles. The van der Waals surface area contributed by atoms with Crippen LogP contribution in [0.4, 0.5) is 4.79 Å². The molecule has 3 amide bonds. The van der Waals surface area contributed by atoms with Crippen molar-refractivity contribution in [3.8, 4) is 11.1 Å². The fourth-order valence-electron chi connectivity index (χ4n) is 7.88. The van der Waals surface area contributed by atoms with Crippen LogP contribution in [0, 0.1) is 5.92 Å². The van der Waals surface area contributed by atoms with Crippen molar-refractivity contribution in [1.29, 1.82) is 0 Å². The van der Waals surface area contributed by atoms with Gasteiger partial charge in [-0.3, -0.25) is 14.5 Å². The van der Waals surface area contributed by atoms with Gasteiger partial charge in [0.1, 0.15) is 12.6 Å². The molecule has 10 heteroatoms. The van der Waals surface area contributed by atoms with Gasteiger partial charge < -0.3 is 29.5 Å². The van der Waals surface area contributed by atoms with E-state index < -0.39 is 24.3 Å². The van der Waals surface area contributed by atoms with Gasteiger partial charge in [-0.05, 0) is 59.3 Å². The van der Waals surface area contributed by atoms with Gasteiger partial charge >= 0.3 is 6.09 Å². The number of ether oxygens (including phenoxy) is 3. The third kappa shape index (κ3) is 9.51. The Morgan fingerprint density at radius 2 is 1.47 bits per heavy atom. The zero-order chi connectivity index (χ0) is 38.1. The lowest BCUT2D eigenvalue weighted by atomic mass is 9.89. The molecule has 0 saturated carbocycles. The summed E-state index contributed by atoms with van der Waals surface area (Å²) in [4.78, 5) is 42.7. The zero-order valence-corrected chi connectivity index (χ0v) is 31.5. The topological polar surface area (TPSA) is 118 Å². The largest absolute Gasteiger partial charge is 0.445 e. The van der Waals surface area contributed by atoms with Gasteiger partial charge in [0.2, 0.25) is 5.91 Å². The number of nitrogens with one attached hydrogen (secondary N) is 1. The van der Waals surface area contributed by atoms with E-state index >= 15 is 0 Å². The third-order valence-electron chi connectivity index (χ3n) is 11.1. The molecule has 0 aliphatic carbocycles. The van der Waals surface area contributed by atoms with Crippen LogP contribution in [0.3, 0.4) is 0 Å². The van der Waals surface area contributed by atoms with Crippen molar-refractivity contribution in [3.05, 3.63) is 131 Å². The average Bonchev–Trinajstić information content (AvgIpc) is 3.46. The van der Waals surface area contributed by atoms with E-state index in [1.54, 1.807) is 0 Å². The maximum absolute atomic E-state index is 13.4. The molecule has 0 spiro atoms. The van der Waals surface area contributed by atoms with Gasteiger partial charge in [0.05, 0.1) is 31.8 Å². The summed E-state index contributed by atoms with van der Waals surface area (Å²) in [5.74, 6) is -0.702. The maximum atomic E-state index is 13.4. The SMILES string of the molecule is CC1C(CN2CCCCCCC2)OC(c2ccc(-c3ccccc3CN3C(=O)CC(NC(=O)OCc4ccccc4)C3=O)cc2)OC1c1ccc(CO)cc1.